The smallest absolute Gasteiger partial charge is 0.429 e. The van der Waals surface area contributed by atoms with Gasteiger partial charge in [0, 0.05) is 29.0 Å². The van der Waals surface area contributed by atoms with E-state index in [1.54, 1.807) is 36.5 Å². The summed E-state index contributed by atoms with van der Waals surface area (Å²) in [5.74, 6) is -1.25. The highest BCUT2D eigenvalue weighted by Gasteiger charge is 2.43. The van der Waals surface area contributed by atoms with Crippen molar-refractivity contribution in [3.05, 3.63) is 84.2 Å². The molecule has 4 aromatic rings. The van der Waals surface area contributed by atoms with Crippen LogP contribution in [0.5, 0.6) is 11.6 Å². The fourth-order valence-corrected chi connectivity index (χ4v) is 3.79. The number of hydrogen-bond acceptors (Lipinski definition) is 8. The van der Waals surface area contributed by atoms with Crippen molar-refractivity contribution < 1.29 is 32.5 Å². The lowest BCUT2D eigenvalue weighted by molar-refractivity contribution is -0.198. The van der Waals surface area contributed by atoms with Gasteiger partial charge >= 0.3 is 12.1 Å². The van der Waals surface area contributed by atoms with Crippen LogP contribution in [0.15, 0.2) is 73.1 Å². The lowest BCUT2D eigenvalue weighted by atomic mass is 10.0. The Balaban J connectivity index is 1.58. The van der Waals surface area contributed by atoms with Crippen molar-refractivity contribution in [3.63, 3.8) is 0 Å². The third kappa shape index (κ3) is 6.79. The average molecular weight is 540 g/mol. The summed E-state index contributed by atoms with van der Waals surface area (Å²) < 4.78 is 52.7. The third-order valence-corrected chi connectivity index (χ3v) is 5.77. The molecule has 2 aromatic heterocycles. The minimum Gasteiger partial charge on any atom is -0.495 e. The molecule has 12 heteroatoms. The van der Waals surface area contributed by atoms with E-state index in [0.717, 1.165) is 0 Å². The van der Waals surface area contributed by atoms with Crippen LogP contribution < -0.4 is 20.9 Å². The Morgan fingerprint density at radius 3 is 2.26 bits per heavy atom. The van der Waals surface area contributed by atoms with Crippen molar-refractivity contribution in [1.29, 1.82) is 0 Å². The number of pyridine rings is 1. The summed E-state index contributed by atoms with van der Waals surface area (Å²) in [5, 5.41) is 8.98. The molecule has 0 aliphatic heterocycles. The third-order valence-electron chi connectivity index (χ3n) is 5.77. The summed E-state index contributed by atoms with van der Waals surface area (Å²) in [6.45, 7) is 0. The molecule has 0 saturated carbocycles. The molecule has 2 aromatic carbocycles. The molecule has 9 nitrogen and oxygen atoms in total. The zero-order valence-electron chi connectivity index (χ0n) is 20.6. The maximum absolute atomic E-state index is 14.1. The van der Waals surface area contributed by atoms with Crippen LogP contribution in [0.4, 0.5) is 19.1 Å². The molecule has 2 heterocycles. The molecular formula is C27H24F3N5O4. The van der Waals surface area contributed by atoms with Crippen molar-refractivity contribution in [1.82, 2.24) is 15.0 Å². The van der Waals surface area contributed by atoms with E-state index in [1.807, 2.05) is 0 Å². The number of nitrogens with two attached hydrogens (primary N) is 2. The van der Waals surface area contributed by atoms with E-state index in [1.165, 1.54) is 43.6 Å². The number of carboxylic acid groups (broad SMARTS) is 1. The first-order chi connectivity index (χ1) is 18.5. The van der Waals surface area contributed by atoms with Crippen LogP contribution in [0, 0.1) is 0 Å². The Morgan fingerprint density at radius 2 is 1.64 bits per heavy atom. The standard InChI is InChI=1S/C27H24F3N5O4/c1-38-20-11-19(13-33-14-20)16-6-8-18(9-7-16)24(27(28,29)30)39-23-12-22(34-26(32)35-23)17-4-2-15(3-5-17)10-21(31)25(36)37/h2-9,11-14,21,24H,10,31H2,1H3,(H,36,37)(H2,32,34,35)/t21-,24-/m0/s1. The lowest BCUT2D eigenvalue weighted by Crippen LogP contribution is -2.32. The molecule has 39 heavy (non-hydrogen) atoms. The van der Waals surface area contributed by atoms with Crippen LogP contribution in [-0.2, 0) is 11.2 Å². The Kier molecular flexibility index (Phi) is 7.96. The quantitative estimate of drug-likeness (QED) is 0.281. The summed E-state index contributed by atoms with van der Waals surface area (Å²) >= 11 is 0. The summed E-state index contributed by atoms with van der Waals surface area (Å²) in [4.78, 5) is 23.0. The second-order valence-corrected chi connectivity index (χ2v) is 8.57. The number of rotatable bonds is 9. The number of carboxylic acids is 1. The van der Waals surface area contributed by atoms with E-state index in [4.69, 9.17) is 26.0 Å². The van der Waals surface area contributed by atoms with Crippen LogP contribution in [-0.4, -0.2) is 45.4 Å². The highest BCUT2D eigenvalue weighted by Crippen LogP contribution is 2.38. The number of alkyl halides is 3. The largest absolute Gasteiger partial charge is 0.495 e. The van der Waals surface area contributed by atoms with Crippen LogP contribution in [0.2, 0.25) is 0 Å². The summed E-state index contributed by atoms with van der Waals surface area (Å²) in [5.41, 5.74) is 13.9. The Hall–Kier alpha value is -4.71. The van der Waals surface area contributed by atoms with Gasteiger partial charge in [-0.3, -0.25) is 9.78 Å². The van der Waals surface area contributed by atoms with Crippen LogP contribution in [0.25, 0.3) is 22.4 Å². The number of aromatic nitrogens is 3. The van der Waals surface area contributed by atoms with Gasteiger partial charge in [-0.15, -0.1) is 0 Å². The van der Waals surface area contributed by atoms with Gasteiger partial charge < -0.3 is 26.0 Å². The van der Waals surface area contributed by atoms with Crippen LogP contribution in [0.1, 0.15) is 17.2 Å². The van der Waals surface area contributed by atoms with E-state index in [-0.39, 0.29) is 29.5 Å². The van der Waals surface area contributed by atoms with Gasteiger partial charge in [0.15, 0.2) is 0 Å². The van der Waals surface area contributed by atoms with Gasteiger partial charge in [0.2, 0.25) is 17.9 Å². The van der Waals surface area contributed by atoms with Gasteiger partial charge in [-0.2, -0.15) is 18.2 Å². The van der Waals surface area contributed by atoms with Gasteiger partial charge in [-0.1, -0.05) is 48.5 Å². The van der Waals surface area contributed by atoms with Crippen molar-refractivity contribution in [2.45, 2.75) is 24.7 Å². The van der Waals surface area contributed by atoms with E-state index < -0.39 is 24.3 Å². The van der Waals surface area contributed by atoms with E-state index in [9.17, 15) is 18.0 Å². The first-order valence-electron chi connectivity index (χ1n) is 11.6. The van der Waals surface area contributed by atoms with Gasteiger partial charge in [0.05, 0.1) is 19.0 Å². The highest BCUT2D eigenvalue weighted by atomic mass is 19.4. The van der Waals surface area contributed by atoms with E-state index in [0.29, 0.717) is 28.0 Å². The second-order valence-electron chi connectivity index (χ2n) is 8.57. The minimum atomic E-state index is -4.76. The summed E-state index contributed by atoms with van der Waals surface area (Å²) in [7, 11) is 1.49. The fraction of sp³-hybridized carbons (Fsp3) is 0.185. The molecule has 0 fully saturated rings. The van der Waals surface area contributed by atoms with E-state index >= 15 is 0 Å². The predicted molar refractivity (Wildman–Crippen MR) is 137 cm³/mol. The Labute approximate surface area is 221 Å². The SMILES string of the molecule is COc1cncc(-c2ccc([C@H](Oc3cc(-c4ccc(C[C@H](N)C(=O)O)cc4)nc(N)n3)C(F)(F)F)cc2)c1. The zero-order valence-corrected chi connectivity index (χ0v) is 20.6. The molecule has 0 amide bonds. The van der Waals surface area contributed by atoms with Gasteiger partial charge in [-0.05, 0) is 23.6 Å². The topological polar surface area (TPSA) is 146 Å². The highest BCUT2D eigenvalue weighted by molar-refractivity contribution is 5.73. The number of nitrogen functional groups attached to an aromatic ring is 1. The molecule has 0 saturated heterocycles. The maximum atomic E-state index is 14.1. The molecule has 0 unspecified atom stereocenters. The normalized spacial score (nSPS) is 12.9. The molecule has 2 atom stereocenters. The molecule has 0 bridgehead atoms. The molecule has 0 aliphatic rings. The molecule has 4 rings (SSSR count). The minimum absolute atomic E-state index is 0.107. The number of benzene rings is 2. The number of nitrogens with zero attached hydrogens (tertiary/aromatic N) is 3. The van der Waals surface area contributed by atoms with Crippen LogP contribution in [0.3, 0.4) is 0 Å². The lowest BCUT2D eigenvalue weighted by Gasteiger charge is -2.22. The monoisotopic (exact) mass is 539 g/mol. The number of methoxy groups -OCH3 is 1. The van der Waals surface area contributed by atoms with Crippen molar-refractivity contribution in [2.75, 3.05) is 12.8 Å². The predicted octanol–water partition coefficient (Wildman–Crippen LogP) is 4.43. The van der Waals surface area contributed by atoms with Crippen molar-refractivity contribution in [2.24, 2.45) is 5.73 Å². The summed E-state index contributed by atoms with van der Waals surface area (Å²) in [6, 6.07) is 14.2. The second kappa shape index (κ2) is 11.4. The fourth-order valence-electron chi connectivity index (χ4n) is 3.79. The first-order valence-corrected chi connectivity index (χ1v) is 11.6. The molecular weight excluding hydrogens is 515 g/mol. The van der Waals surface area contributed by atoms with Gasteiger partial charge in [-0.25, -0.2) is 4.98 Å². The number of anilines is 1. The Bertz CT molecular complexity index is 1450. The molecule has 0 radical (unpaired) electrons. The average Bonchev–Trinajstić information content (AvgIpc) is 2.91. The number of hydrogen-bond donors (Lipinski definition) is 3. The molecule has 202 valence electrons. The van der Waals surface area contributed by atoms with Crippen LogP contribution >= 0.6 is 0 Å². The van der Waals surface area contributed by atoms with Crippen molar-refractivity contribution in [3.8, 4) is 34.0 Å². The molecule has 0 spiro atoms. The summed E-state index contributed by atoms with van der Waals surface area (Å²) in [6.07, 6.45) is -3.87. The maximum Gasteiger partial charge on any atom is 0.429 e. The van der Waals surface area contributed by atoms with Gasteiger partial charge in [0.25, 0.3) is 0 Å². The Morgan fingerprint density at radius 1 is 0.974 bits per heavy atom. The van der Waals surface area contributed by atoms with Crippen molar-refractivity contribution >= 4 is 11.9 Å². The number of ether oxygens (including phenoxy) is 2. The number of halogens is 3. The van der Waals surface area contributed by atoms with Gasteiger partial charge in [0.1, 0.15) is 11.8 Å². The molecule has 0 aliphatic carbocycles. The molecule has 5 N–H and O–H groups in total. The van der Waals surface area contributed by atoms with E-state index in [2.05, 4.69) is 15.0 Å². The number of carbonyl (C=O) groups is 1. The zero-order chi connectivity index (χ0) is 28.2. The first kappa shape index (κ1) is 27.3. The number of aliphatic carboxylic acids is 1.